The number of hydrazine groups is 1. The number of hydrogen-bond donors (Lipinski definition) is 3. The quantitative estimate of drug-likeness (QED) is 0.503. The molecule has 0 fully saturated rings. The lowest BCUT2D eigenvalue weighted by Crippen LogP contribution is -2.46. The number of furan rings is 1. The van der Waals surface area contributed by atoms with Crippen LogP contribution in [0.15, 0.2) is 27.3 Å². The molecule has 0 radical (unpaired) electrons. The van der Waals surface area contributed by atoms with Crippen LogP contribution in [-0.2, 0) is 17.6 Å². The van der Waals surface area contributed by atoms with E-state index in [-0.39, 0.29) is 18.2 Å². The molecule has 7 nitrogen and oxygen atoms in total. The lowest BCUT2D eigenvalue weighted by Gasteiger charge is -2.07. The Labute approximate surface area is 162 Å². The number of rotatable bonds is 4. The Bertz CT molecular complexity index is 806. The van der Waals surface area contributed by atoms with E-state index in [0.29, 0.717) is 9.55 Å². The lowest BCUT2D eigenvalue weighted by molar-refractivity contribution is -0.120. The van der Waals surface area contributed by atoms with Crippen LogP contribution in [-0.4, -0.2) is 24.3 Å². The van der Waals surface area contributed by atoms with Crippen molar-refractivity contribution in [3.8, 4) is 0 Å². The van der Waals surface area contributed by atoms with Crippen LogP contribution >= 0.6 is 27.3 Å². The van der Waals surface area contributed by atoms with Gasteiger partial charge in [-0.05, 0) is 65.4 Å². The maximum absolute atomic E-state index is 12.2. The third kappa shape index (κ3) is 4.73. The summed E-state index contributed by atoms with van der Waals surface area (Å²) in [5.74, 6) is -1.30. The first-order valence-electron chi connectivity index (χ1n) is 8.27. The van der Waals surface area contributed by atoms with Gasteiger partial charge in [0, 0.05) is 4.88 Å². The first kappa shape index (κ1) is 18.7. The van der Waals surface area contributed by atoms with E-state index in [9.17, 15) is 14.4 Å². The second-order valence-electron chi connectivity index (χ2n) is 5.91. The molecule has 3 rings (SSSR count). The second-order valence-corrected chi connectivity index (χ2v) is 7.83. The molecule has 0 bridgehead atoms. The lowest BCUT2D eigenvalue weighted by atomic mass is 10.1. The molecule has 0 aromatic carbocycles. The van der Waals surface area contributed by atoms with Crippen molar-refractivity contribution in [1.29, 1.82) is 0 Å². The minimum atomic E-state index is -0.532. The number of nitrogens with one attached hydrogen (secondary N) is 3. The molecule has 138 valence electrons. The zero-order chi connectivity index (χ0) is 18.5. The van der Waals surface area contributed by atoms with Gasteiger partial charge in [0.2, 0.25) is 0 Å². The van der Waals surface area contributed by atoms with E-state index in [1.165, 1.54) is 34.3 Å². The highest BCUT2D eigenvalue weighted by atomic mass is 79.9. The first-order valence-corrected chi connectivity index (χ1v) is 9.88. The molecule has 1 aliphatic carbocycles. The fourth-order valence-electron chi connectivity index (χ4n) is 2.70. The van der Waals surface area contributed by atoms with Crippen molar-refractivity contribution in [3.63, 3.8) is 0 Å². The summed E-state index contributed by atoms with van der Waals surface area (Å²) in [6.45, 7) is -0.279. The SMILES string of the molecule is O=C(CNC(=O)c1ccc(Br)o1)NNC(=O)c1cc2c(s1)CCCCC2. The van der Waals surface area contributed by atoms with Gasteiger partial charge in [0.1, 0.15) is 0 Å². The number of carbonyl (C=O) groups excluding carboxylic acids is 3. The number of fused-ring (bicyclic) bond motifs is 1. The maximum atomic E-state index is 12.2. The van der Waals surface area contributed by atoms with Gasteiger partial charge in [-0.1, -0.05) is 6.42 Å². The van der Waals surface area contributed by atoms with E-state index < -0.39 is 11.8 Å². The van der Waals surface area contributed by atoms with E-state index in [0.717, 1.165) is 25.7 Å². The van der Waals surface area contributed by atoms with Gasteiger partial charge in [0.05, 0.1) is 11.4 Å². The standard InChI is InChI=1S/C17H18BrN3O4S/c18-14-7-6-11(25-14)16(23)19-9-15(22)20-21-17(24)13-8-10-4-2-1-3-5-12(10)26-13/h6-8H,1-5,9H2,(H,19,23)(H,20,22)(H,21,24). The Balaban J connectivity index is 1.45. The van der Waals surface area contributed by atoms with Crippen molar-refractivity contribution in [2.75, 3.05) is 6.54 Å². The molecule has 3 amide bonds. The Kier molecular flexibility index (Phi) is 6.10. The molecule has 9 heteroatoms. The van der Waals surface area contributed by atoms with Crippen molar-refractivity contribution >= 4 is 45.0 Å². The minimum Gasteiger partial charge on any atom is -0.444 e. The van der Waals surface area contributed by atoms with Gasteiger partial charge in [-0.2, -0.15) is 0 Å². The fraction of sp³-hybridized carbons (Fsp3) is 0.353. The Morgan fingerprint density at radius 2 is 1.88 bits per heavy atom. The molecule has 2 aromatic rings. The maximum Gasteiger partial charge on any atom is 0.287 e. The van der Waals surface area contributed by atoms with Gasteiger partial charge in [-0.15, -0.1) is 11.3 Å². The van der Waals surface area contributed by atoms with E-state index in [1.807, 2.05) is 6.07 Å². The van der Waals surface area contributed by atoms with Gasteiger partial charge < -0.3 is 9.73 Å². The summed E-state index contributed by atoms with van der Waals surface area (Å²) in [7, 11) is 0. The molecule has 0 atom stereocenters. The molecule has 0 spiro atoms. The van der Waals surface area contributed by atoms with Crippen LogP contribution in [0.25, 0.3) is 0 Å². The molecule has 0 saturated heterocycles. The second kappa shape index (κ2) is 8.50. The molecule has 26 heavy (non-hydrogen) atoms. The van der Waals surface area contributed by atoms with Crippen LogP contribution in [0, 0.1) is 0 Å². The summed E-state index contributed by atoms with van der Waals surface area (Å²) < 4.78 is 5.51. The van der Waals surface area contributed by atoms with Gasteiger partial charge >= 0.3 is 0 Å². The summed E-state index contributed by atoms with van der Waals surface area (Å²) in [5, 5.41) is 2.41. The van der Waals surface area contributed by atoms with Crippen molar-refractivity contribution < 1.29 is 18.8 Å². The summed E-state index contributed by atoms with van der Waals surface area (Å²) in [4.78, 5) is 37.6. The fourth-order valence-corrected chi connectivity index (χ4v) is 4.15. The zero-order valence-electron chi connectivity index (χ0n) is 13.9. The Morgan fingerprint density at radius 1 is 1.08 bits per heavy atom. The highest BCUT2D eigenvalue weighted by Gasteiger charge is 2.17. The zero-order valence-corrected chi connectivity index (χ0v) is 16.3. The number of aryl methyl sites for hydroxylation is 2. The molecule has 2 aromatic heterocycles. The van der Waals surface area contributed by atoms with Crippen molar-refractivity contribution in [3.05, 3.63) is 43.9 Å². The summed E-state index contributed by atoms with van der Waals surface area (Å²) in [6, 6.07) is 4.97. The highest BCUT2D eigenvalue weighted by molar-refractivity contribution is 9.10. The van der Waals surface area contributed by atoms with E-state index in [1.54, 1.807) is 6.07 Å². The monoisotopic (exact) mass is 439 g/mol. The molecule has 2 heterocycles. The molecular formula is C17H18BrN3O4S. The molecule has 0 unspecified atom stereocenters. The molecule has 0 aliphatic heterocycles. The van der Waals surface area contributed by atoms with E-state index in [4.69, 9.17) is 4.42 Å². The van der Waals surface area contributed by atoms with Crippen LogP contribution in [0.3, 0.4) is 0 Å². The number of hydrogen-bond acceptors (Lipinski definition) is 5. The van der Waals surface area contributed by atoms with Crippen LogP contribution in [0.4, 0.5) is 0 Å². The van der Waals surface area contributed by atoms with Crippen molar-refractivity contribution in [1.82, 2.24) is 16.2 Å². The Morgan fingerprint density at radius 3 is 2.65 bits per heavy atom. The first-order chi connectivity index (χ1) is 12.5. The van der Waals surface area contributed by atoms with Crippen molar-refractivity contribution in [2.45, 2.75) is 32.1 Å². The number of thiophene rings is 1. The minimum absolute atomic E-state index is 0.0915. The van der Waals surface area contributed by atoms with Gasteiger partial charge in [0.25, 0.3) is 17.7 Å². The molecule has 3 N–H and O–H groups in total. The number of halogens is 1. The average Bonchev–Trinajstić information content (AvgIpc) is 3.18. The summed E-state index contributed by atoms with van der Waals surface area (Å²) >= 11 is 4.57. The molecule has 0 saturated carbocycles. The smallest absolute Gasteiger partial charge is 0.287 e. The third-order valence-electron chi connectivity index (χ3n) is 3.99. The van der Waals surface area contributed by atoms with Gasteiger partial charge in [-0.25, -0.2) is 0 Å². The molecular weight excluding hydrogens is 422 g/mol. The highest BCUT2D eigenvalue weighted by Crippen LogP contribution is 2.28. The van der Waals surface area contributed by atoms with Crippen LogP contribution < -0.4 is 16.2 Å². The van der Waals surface area contributed by atoms with E-state index in [2.05, 4.69) is 32.1 Å². The average molecular weight is 440 g/mol. The predicted octanol–water partition coefficient (Wildman–Crippen LogP) is 2.56. The largest absolute Gasteiger partial charge is 0.444 e. The summed E-state index contributed by atoms with van der Waals surface area (Å²) in [6.07, 6.45) is 5.53. The van der Waals surface area contributed by atoms with Crippen LogP contribution in [0.1, 0.15) is 49.9 Å². The molecule has 1 aliphatic rings. The van der Waals surface area contributed by atoms with Crippen LogP contribution in [0.2, 0.25) is 0 Å². The Hall–Kier alpha value is -2.13. The van der Waals surface area contributed by atoms with Gasteiger partial charge in [-0.3, -0.25) is 25.2 Å². The van der Waals surface area contributed by atoms with Crippen molar-refractivity contribution in [2.24, 2.45) is 0 Å². The van der Waals surface area contributed by atoms with Crippen LogP contribution in [0.5, 0.6) is 0 Å². The number of amides is 3. The normalized spacial score (nSPS) is 13.4. The summed E-state index contributed by atoms with van der Waals surface area (Å²) in [5.41, 5.74) is 5.92. The predicted molar refractivity (Wildman–Crippen MR) is 99.9 cm³/mol. The van der Waals surface area contributed by atoms with Gasteiger partial charge in [0.15, 0.2) is 10.4 Å². The third-order valence-corrected chi connectivity index (χ3v) is 5.65. The van der Waals surface area contributed by atoms with E-state index >= 15 is 0 Å². The number of carbonyl (C=O) groups is 3. The topological polar surface area (TPSA) is 100 Å².